The predicted octanol–water partition coefficient (Wildman–Crippen LogP) is -6.69. The number of carboxylic acids is 1. The van der Waals surface area contributed by atoms with E-state index in [-0.39, 0.29) is 68.4 Å². The van der Waals surface area contributed by atoms with Gasteiger partial charge in [-0.3, -0.25) is 0 Å². The van der Waals surface area contributed by atoms with Crippen molar-refractivity contribution in [2.75, 3.05) is 5.75 Å². The van der Waals surface area contributed by atoms with E-state index in [2.05, 4.69) is 24.8 Å². The second-order valence-corrected chi connectivity index (χ2v) is 3.49. The van der Waals surface area contributed by atoms with Crippen molar-refractivity contribution in [3.63, 3.8) is 0 Å². The summed E-state index contributed by atoms with van der Waals surface area (Å²) in [4.78, 5) is 9.67. The zero-order valence-corrected chi connectivity index (χ0v) is 12.2. The van der Waals surface area contributed by atoms with Gasteiger partial charge in [-0.25, -0.2) is 0 Å². The van der Waals surface area contributed by atoms with Crippen molar-refractivity contribution in [3.8, 4) is 0 Å². The molecule has 0 fully saturated rings. The van der Waals surface area contributed by atoms with E-state index in [9.17, 15) is 9.90 Å². The zero-order valence-electron chi connectivity index (χ0n) is 5.75. The third-order valence-corrected chi connectivity index (χ3v) is 1.63. The molecule has 0 amide bonds. The van der Waals surface area contributed by atoms with E-state index < -0.39 is 5.97 Å². The molecule has 0 N–H and O–H groups in total. The Morgan fingerprint density at radius 3 is 2.10 bits per heavy atom. The molecule has 0 bridgehead atoms. The van der Waals surface area contributed by atoms with Crippen LogP contribution in [0.2, 0.25) is 0 Å². The number of thioether (sulfide) groups is 1. The molecule has 0 atom stereocenters. The van der Waals surface area contributed by atoms with Gasteiger partial charge in [0.2, 0.25) is 0 Å². The van der Waals surface area contributed by atoms with Crippen LogP contribution in [0, 0.1) is 0 Å². The summed E-state index contributed by atoms with van der Waals surface area (Å²) in [5.74, 6) is -1.27. The van der Waals surface area contributed by atoms with Crippen molar-refractivity contribution in [2.45, 2.75) is 0 Å². The number of carbonyl (C=O) groups excluding carboxylic acids is 1. The minimum atomic E-state index is -1.14. The number of aliphatic carboxylic acids is 1. The normalized spacial score (nSPS) is 6.80. The van der Waals surface area contributed by atoms with E-state index in [0.717, 1.165) is 11.8 Å². The quantitative estimate of drug-likeness (QED) is 0.258. The van der Waals surface area contributed by atoms with Crippen LogP contribution in [-0.2, 0) is 17.4 Å². The van der Waals surface area contributed by atoms with Gasteiger partial charge in [-0.2, -0.15) is 0 Å². The molecule has 0 saturated heterocycles. The monoisotopic (exact) mass is 212 g/mol. The van der Waals surface area contributed by atoms with Gasteiger partial charge in [0.1, 0.15) is 0 Å². The number of carboxylic acid groups (broad SMARTS) is 1. The number of carbonyl (C=O) groups is 1. The topological polar surface area (TPSA) is 40.1 Å². The van der Waals surface area contributed by atoms with Crippen molar-refractivity contribution in [1.82, 2.24) is 0 Å². The third-order valence-electron chi connectivity index (χ3n) is 0.308. The van der Waals surface area contributed by atoms with Gasteiger partial charge >= 0.3 is 59.1 Å². The number of hydrogen-bond acceptors (Lipinski definition) is 5. The first-order valence-corrected chi connectivity index (χ1v) is 3.46. The largest absolute Gasteiger partial charge is 1.00 e. The number of thiocarbonyl (C=S) groups is 1. The van der Waals surface area contributed by atoms with E-state index in [1.165, 1.54) is 0 Å². The fraction of sp³-hybridized carbons (Fsp3) is 0.333. The van der Waals surface area contributed by atoms with Crippen LogP contribution in [0.4, 0.5) is 0 Å². The molecule has 0 unspecified atom stereocenters. The average molecular weight is 212 g/mol. The molecule has 7 heteroatoms. The number of hydrogen-bond donors (Lipinski definition) is 0. The Kier molecular flexibility index (Phi) is 20.1. The summed E-state index contributed by atoms with van der Waals surface area (Å²) < 4.78 is 0.217. The summed E-state index contributed by atoms with van der Waals surface area (Å²) in [5.41, 5.74) is 0. The van der Waals surface area contributed by atoms with Gasteiger partial charge in [0, 0.05) is 5.75 Å². The van der Waals surface area contributed by atoms with Crippen LogP contribution in [0.25, 0.3) is 0 Å². The maximum absolute atomic E-state index is 9.67. The second-order valence-electron chi connectivity index (χ2n) is 0.911. The Hall–Kier alpha value is 2.13. The summed E-state index contributed by atoms with van der Waals surface area (Å²) in [6.45, 7) is 0. The predicted molar refractivity (Wildman–Crippen MR) is 37.4 cm³/mol. The Balaban J connectivity index is -0.000000245. The van der Waals surface area contributed by atoms with Crippen LogP contribution < -0.4 is 64.2 Å². The molecule has 0 rings (SSSR count). The van der Waals surface area contributed by atoms with E-state index in [4.69, 9.17) is 0 Å². The summed E-state index contributed by atoms with van der Waals surface area (Å²) in [7, 11) is 0. The van der Waals surface area contributed by atoms with Crippen molar-refractivity contribution >= 4 is 46.1 Å². The van der Waals surface area contributed by atoms with Crippen molar-refractivity contribution in [3.05, 3.63) is 0 Å². The minimum Gasteiger partial charge on any atom is -0.549 e. The standard InChI is InChI=1S/C3H4O2S3.2Na/c4-2(5)1-8-3(6)7;;/h1H2,(H,4,5)(H,6,7);;/q;2*+1/p-2. The molecule has 0 heterocycles. The molecular weight excluding hydrogens is 210 g/mol. The van der Waals surface area contributed by atoms with Crippen LogP contribution in [-0.4, -0.2) is 15.3 Å². The molecule has 46 valence electrons. The Morgan fingerprint density at radius 1 is 1.60 bits per heavy atom. The van der Waals surface area contributed by atoms with Crippen LogP contribution >= 0.6 is 24.0 Å². The fourth-order valence-corrected chi connectivity index (χ4v) is 0.707. The Labute approximate surface area is 119 Å². The van der Waals surface area contributed by atoms with Gasteiger partial charge in [0.05, 0.1) is 5.97 Å². The van der Waals surface area contributed by atoms with Crippen molar-refractivity contribution in [2.24, 2.45) is 0 Å². The van der Waals surface area contributed by atoms with E-state index in [1.807, 2.05) is 0 Å². The molecule has 0 aromatic heterocycles. The first kappa shape index (κ1) is 18.0. The molecule has 0 aliphatic carbocycles. The maximum atomic E-state index is 9.67. The van der Waals surface area contributed by atoms with Crippen molar-refractivity contribution < 1.29 is 69.0 Å². The molecule has 0 aliphatic heterocycles. The average Bonchev–Trinajstić information content (AvgIpc) is 1.61. The molecule has 2 nitrogen and oxygen atoms in total. The van der Waals surface area contributed by atoms with Gasteiger partial charge in [0.15, 0.2) is 0 Å². The van der Waals surface area contributed by atoms with Crippen LogP contribution in [0.15, 0.2) is 0 Å². The first-order chi connectivity index (χ1) is 3.63. The molecule has 10 heavy (non-hydrogen) atoms. The van der Waals surface area contributed by atoms with Crippen LogP contribution in [0.1, 0.15) is 0 Å². The second kappa shape index (κ2) is 11.1. The first-order valence-electron chi connectivity index (χ1n) is 1.66. The van der Waals surface area contributed by atoms with Gasteiger partial charge in [0.25, 0.3) is 0 Å². The SMILES string of the molecule is O=C([O-])CSC(=S)[S-].[Na+].[Na+]. The van der Waals surface area contributed by atoms with Gasteiger partial charge in [-0.05, 0) is 0 Å². The van der Waals surface area contributed by atoms with E-state index in [0.29, 0.717) is 0 Å². The molecule has 0 saturated carbocycles. The zero-order chi connectivity index (χ0) is 6.57. The molecule has 0 aromatic carbocycles. The molecule has 0 radical (unpaired) electrons. The smallest absolute Gasteiger partial charge is 0.549 e. The molecule has 0 aliphatic rings. The molecular formula is C3H2Na2O2S3. The van der Waals surface area contributed by atoms with E-state index in [1.54, 1.807) is 0 Å². The maximum Gasteiger partial charge on any atom is 1.00 e. The van der Waals surface area contributed by atoms with Crippen LogP contribution in [0.5, 0.6) is 0 Å². The summed E-state index contributed by atoms with van der Waals surface area (Å²) in [6, 6.07) is 0. The summed E-state index contributed by atoms with van der Waals surface area (Å²) in [5, 5.41) is 9.67. The fourth-order valence-electron chi connectivity index (χ4n) is 0.118. The van der Waals surface area contributed by atoms with E-state index >= 15 is 0 Å². The third kappa shape index (κ3) is 16.6. The Bertz CT molecular complexity index is 104. The summed E-state index contributed by atoms with van der Waals surface area (Å²) >= 11 is 9.72. The van der Waals surface area contributed by atoms with Crippen molar-refractivity contribution in [1.29, 1.82) is 0 Å². The Morgan fingerprint density at radius 2 is 2.00 bits per heavy atom. The molecule has 0 spiro atoms. The van der Waals surface area contributed by atoms with Gasteiger partial charge < -0.3 is 34.7 Å². The molecule has 0 aromatic rings. The summed E-state index contributed by atoms with van der Waals surface area (Å²) in [6.07, 6.45) is 0. The van der Waals surface area contributed by atoms with Crippen LogP contribution in [0.3, 0.4) is 0 Å². The van der Waals surface area contributed by atoms with Gasteiger partial charge in [-0.1, -0.05) is 3.53 Å². The van der Waals surface area contributed by atoms with Gasteiger partial charge in [-0.15, -0.1) is 11.8 Å². The minimum absolute atomic E-state index is 0. The number of rotatable bonds is 2.